The summed E-state index contributed by atoms with van der Waals surface area (Å²) in [6.07, 6.45) is 5.57. The topological polar surface area (TPSA) is 32.8 Å². The average molecular weight is 337 g/mol. The maximum Gasteiger partial charge on any atom is 0.332 e. The van der Waals surface area contributed by atoms with Crippen LogP contribution in [0.1, 0.15) is 43.9 Å². The predicted octanol–water partition coefficient (Wildman–Crippen LogP) is 3.09. The predicted molar refractivity (Wildman–Crippen MR) is 93.7 cm³/mol. The Bertz CT molecular complexity index is 505. The molecule has 0 spiro atoms. The van der Waals surface area contributed by atoms with Crippen LogP contribution < -0.4 is 0 Å². The summed E-state index contributed by atoms with van der Waals surface area (Å²) in [4.78, 5) is 18.9. The Balaban J connectivity index is 1.76. The first-order chi connectivity index (χ1) is 11.1. The highest BCUT2D eigenvalue weighted by molar-refractivity contribution is 7.10. The summed E-state index contributed by atoms with van der Waals surface area (Å²) in [5.74, 6) is -0.0589. The van der Waals surface area contributed by atoms with Crippen LogP contribution in [0.3, 0.4) is 0 Å². The summed E-state index contributed by atoms with van der Waals surface area (Å²) in [6, 6.07) is 4.11. The van der Waals surface area contributed by atoms with E-state index in [0.717, 1.165) is 43.9 Å². The van der Waals surface area contributed by atoms with Crippen LogP contribution in [0.2, 0.25) is 0 Å². The highest BCUT2D eigenvalue weighted by Gasteiger charge is 2.44. The molecule has 128 valence electrons. The molecule has 2 aliphatic heterocycles. The third-order valence-corrected chi connectivity index (χ3v) is 6.41. The van der Waals surface area contributed by atoms with Gasteiger partial charge in [-0.05, 0) is 64.2 Å². The molecule has 0 aliphatic carbocycles. The molecule has 0 radical (unpaired) electrons. The third-order valence-electron chi connectivity index (χ3n) is 5.33. The van der Waals surface area contributed by atoms with E-state index in [1.54, 1.807) is 11.3 Å². The summed E-state index contributed by atoms with van der Waals surface area (Å²) in [5.41, 5.74) is -0.627. The Labute approximate surface area is 143 Å². The number of carbonyl (C=O) groups is 1. The number of rotatable bonds is 4. The van der Waals surface area contributed by atoms with Crippen LogP contribution in [-0.4, -0.2) is 55.1 Å². The van der Waals surface area contributed by atoms with Gasteiger partial charge in [-0.1, -0.05) is 12.5 Å². The number of thiophene rings is 1. The van der Waals surface area contributed by atoms with E-state index in [9.17, 15) is 4.79 Å². The zero-order chi connectivity index (χ0) is 16.3. The number of ether oxygens (including phenoxy) is 1. The Hall–Kier alpha value is -0.910. The minimum absolute atomic E-state index is 0.0589. The molecule has 2 fully saturated rings. The highest BCUT2D eigenvalue weighted by atomic mass is 32.1. The highest BCUT2D eigenvalue weighted by Crippen LogP contribution is 2.36. The van der Waals surface area contributed by atoms with Crippen LogP contribution in [-0.2, 0) is 15.1 Å². The molecule has 3 rings (SSSR count). The normalized spacial score (nSPS) is 24.3. The number of hydrogen-bond acceptors (Lipinski definition) is 5. The van der Waals surface area contributed by atoms with Gasteiger partial charge in [0.2, 0.25) is 0 Å². The van der Waals surface area contributed by atoms with E-state index < -0.39 is 5.54 Å². The Kier molecular flexibility index (Phi) is 5.39. The van der Waals surface area contributed by atoms with Crippen LogP contribution in [0.5, 0.6) is 0 Å². The average Bonchev–Trinajstić information content (AvgIpc) is 3.12. The van der Waals surface area contributed by atoms with Gasteiger partial charge in [0.25, 0.3) is 0 Å². The van der Waals surface area contributed by atoms with Gasteiger partial charge in [0.1, 0.15) is 6.10 Å². The van der Waals surface area contributed by atoms with Gasteiger partial charge in [0.15, 0.2) is 5.54 Å². The molecule has 0 amide bonds. The first kappa shape index (κ1) is 16.9. The quantitative estimate of drug-likeness (QED) is 0.791. The molecule has 1 aromatic heterocycles. The molecule has 0 aromatic carbocycles. The van der Waals surface area contributed by atoms with Crippen molar-refractivity contribution in [3.05, 3.63) is 22.4 Å². The number of likely N-dealkylation sites (tertiary alicyclic amines) is 2. The minimum Gasteiger partial charge on any atom is -0.461 e. The first-order valence-corrected chi connectivity index (χ1v) is 9.67. The van der Waals surface area contributed by atoms with E-state index in [-0.39, 0.29) is 12.1 Å². The van der Waals surface area contributed by atoms with Gasteiger partial charge >= 0.3 is 5.97 Å². The lowest BCUT2D eigenvalue weighted by Gasteiger charge is -2.42. The van der Waals surface area contributed by atoms with Crippen molar-refractivity contribution in [2.45, 2.75) is 50.7 Å². The van der Waals surface area contributed by atoms with E-state index in [0.29, 0.717) is 0 Å². The van der Waals surface area contributed by atoms with Gasteiger partial charge in [0, 0.05) is 18.0 Å². The van der Waals surface area contributed by atoms with E-state index >= 15 is 0 Å². The fourth-order valence-corrected chi connectivity index (χ4v) is 4.55. The second-order valence-electron chi connectivity index (χ2n) is 7.01. The van der Waals surface area contributed by atoms with Crippen molar-refractivity contribution in [3.63, 3.8) is 0 Å². The van der Waals surface area contributed by atoms with Crippen LogP contribution in [0.4, 0.5) is 0 Å². The van der Waals surface area contributed by atoms with Gasteiger partial charge in [-0.15, -0.1) is 11.3 Å². The molecule has 3 heterocycles. The number of carbonyl (C=O) groups excluding carboxylic acids is 1. The van der Waals surface area contributed by atoms with Crippen molar-refractivity contribution >= 4 is 17.3 Å². The van der Waals surface area contributed by atoms with Gasteiger partial charge in [-0.3, -0.25) is 4.90 Å². The maximum atomic E-state index is 13.1. The van der Waals surface area contributed by atoms with Crippen LogP contribution in [0.15, 0.2) is 17.5 Å². The molecule has 1 atom stereocenters. The zero-order valence-corrected chi connectivity index (χ0v) is 15.1. The summed E-state index contributed by atoms with van der Waals surface area (Å²) in [6.45, 7) is 6.05. The van der Waals surface area contributed by atoms with Crippen molar-refractivity contribution in [1.29, 1.82) is 0 Å². The fraction of sp³-hybridized carbons (Fsp3) is 0.722. The second kappa shape index (κ2) is 7.32. The molecule has 0 N–H and O–H groups in total. The largest absolute Gasteiger partial charge is 0.461 e. The van der Waals surface area contributed by atoms with Crippen molar-refractivity contribution in [3.8, 4) is 0 Å². The summed E-state index contributed by atoms with van der Waals surface area (Å²) in [5, 5.41) is 2.06. The van der Waals surface area contributed by atoms with E-state index in [2.05, 4.69) is 35.2 Å². The molecule has 1 aromatic rings. The number of esters is 1. The zero-order valence-electron chi connectivity index (χ0n) is 14.3. The van der Waals surface area contributed by atoms with Crippen molar-refractivity contribution in [2.24, 2.45) is 0 Å². The van der Waals surface area contributed by atoms with Gasteiger partial charge in [0.05, 0.1) is 0 Å². The molecule has 23 heavy (non-hydrogen) atoms. The van der Waals surface area contributed by atoms with Crippen molar-refractivity contribution < 1.29 is 9.53 Å². The fourth-order valence-electron chi connectivity index (χ4n) is 3.65. The summed E-state index contributed by atoms with van der Waals surface area (Å²) >= 11 is 1.66. The van der Waals surface area contributed by atoms with E-state index in [1.165, 1.54) is 19.3 Å². The summed E-state index contributed by atoms with van der Waals surface area (Å²) < 4.78 is 5.98. The van der Waals surface area contributed by atoms with Gasteiger partial charge in [-0.2, -0.15) is 0 Å². The number of hydrogen-bond donors (Lipinski definition) is 0. The monoisotopic (exact) mass is 336 g/mol. The lowest BCUT2D eigenvalue weighted by Crippen LogP contribution is -2.53. The van der Waals surface area contributed by atoms with Crippen LogP contribution in [0.25, 0.3) is 0 Å². The lowest BCUT2D eigenvalue weighted by molar-refractivity contribution is -0.166. The van der Waals surface area contributed by atoms with Gasteiger partial charge in [-0.25, -0.2) is 4.79 Å². The maximum absolute atomic E-state index is 13.1. The van der Waals surface area contributed by atoms with Crippen molar-refractivity contribution in [2.75, 3.05) is 33.2 Å². The van der Waals surface area contributed by atoms with E-state index in [4.69, 9.17) is 4.74 Å². The molecule has 2 saturated heterocycles. The Morgan fingerprint density at radius 2 is 1.91 bits per heavy atom. The molecular formula is C18H28N2O2S. The molecular weight excluding hydrogens is 308 g/mol. The Morgan fingerprint density at radius 1 is 1.22 bits per heavy atom. The first-order valence-electron chi connectivity index (χ1n) is 8.79. The molecule has 0 bridgehead atoms. The smallest absolute Gasteiger partial charge is 0.332 e. The summed E-state index contributed by atoms with van der Waals surface area (Å²) in [7, 11) is 2.13. The third kappa shape index (κ3) is 3.62. The van der Waals surface area contributed by atoms with Crippen LogP contribution in [0, 0.1) is 0 Å². The lowest BCUT2D eigenvalue weighted by atomic mass is 9.94. The Morgan fingerprint density at radius 3 is 2.52 bits per heavy atom. The number of nitrogens with zero attached hydrogens (tertiary/aromatic N) is 2. The SMILES string of the molecule is CN1CCC(OC(=O)C(C)(c2cccs2)N2CCCCC2)CC1. The van der Waals surface area contributed by atoms with Crippen molar-refractivity contribution in [1.82, 2.24) is 9.80 Å². The molecule has 4 nitrogen and oxygen atoms in total. The molecule has 5 heteroatoms. The van der Waals surface area contributed by atoms with Crippen LogP contribution >= 0.6 is 11.3 Å². The molecule has 2 aliphatic rings. The second-order valence-corrected chi connectivity index (χ2v) is 7.95. The molecule has 1 unspecified atom stereocenters. The standard InChI is InChI=1S/C18H28N2O2S/c1-18(16-7-6-14-23-16,20-10-4-3-5-11-20)17(21)22-15-8-12-19(2)13-9-15/h6-7,14-15H,3-5,8-13H2,1-2H3. The van der Waals surface area contributed by atoms with E-state index in [1.807, 2.05) is 6.07 Å². The molecule has 0 saturated carbocycles. The minimum atomic E-state index is -0.627. The van der Waals surface area contributed by atoms with Gasteiger partial charge < -0.3 is 9.64 Å². The number of piperidine rings is 2.